The molecule has 2 aliphatic rings. The van der Waals surface area contributed by atoms with Crippen LogP contribution in [0.25, 0.3) is 11.3 Å². The first-order valence-electron chi connectivity index (χ1n) is 11.3. The van der Waals surface area contributed by atoms with Crippen LogP contribution in [0.15, 0.2) is 42.5 Å². The lowest BCUT2D eigenvalue weighted by molar-refractivity contribution is -0.142. The molecule has 1 saturated carbocycles. The minimum atomic E-state index is 0.0371. The summed E-state index contributed by atoms with van der Waals surface area (Å²) in [4.78, 5) is 31.3. The molecule has 1 saturated heterocycles. The quantitative estimate of drug-likeness (QED) is 0.717. The Labute approximate surface area is 184 Å². The summed E-state index contributed by atoms with van der Waals surface area (Å²) >= 11 is 0. The number of amides is 2. The van der Waals surface area contributed by atoms with Crippen molar-refractivity contribution in [3.8, 4) is 11.3 Å². The molecule has 7 nitrogen and oxygen atoms in total. The first kappa shape index (κ1) is 21.3. The van der Waals surface area contributed by atoms with Crippen LogP contribution >= 0.6 is 0 Å². The SMILES string of the molecule is CC(C)N(CC(=O)N1CCCN(c2ccc(-c3ccccc3)nn2)CC1)C(=O)C1CC1. The smallest absolute Gasteiger partial charge is 0.242 e. The number of hydrogen-bond acceptors (Lipinski definition) is 5. The lowest BCUT2D eigenvalue weighted by atomic mass is 10.1. The molecule has 0 bridgehead atoms. The van der Waals surface area contributed by atoms with Gasteiger partial charge in [-0.1, -0.05) is 30.3 Å². The second-order valence-corrected chi connectivity index (χ2v) is 8.70. The van der Waals surface area contributed by atoms with Gasteiger partial charge < -0.3 is 14.7 Å². The summed E-state index contributed by atoms with van der Waals surface area (Å²) < 4.78 is 0. The number of benzene rings is 1. The summed E-state index contributed by atoms with van der Waals surface area (Å²) in [6.07, 6.45) is 2.78. The molecule has 0 spiro atoms. The Morgan fingerprint density at radius 2 is 1.77 bits per heavy atom. The first-order chi connectivity index (χ1) is 15.0. The van der Waals surface area contributed by atoms with E-state index in [4.69, 9.17) is 0 Å². The van der Waals surface area contributed by atoms with Crippen LogP contribution in [0.3, 0.4) is 0 Å². The van der Waals surface area contributed by atoms with E-state index in [-0.39, 0.29) is 30.3 Å². The lowest BCUT2D eigenvalue weighted by Crippen LogP contribution is -2.47. The fraction of sp³-hybridized carbons (Fsp3) is 0.500. The number of carbonyl (C=O) groups excluding carboxylic acids is 2. The molecular formula is C24H31N5O2. The monoisotopic (exact) mass is 421 g/mol. The molecule has 31 heavy (non-hydrogen) atoms. The standard InChI is InChI=1S/C24H31N5O2/c1-18(2)29(24(31)20-9-10-20)17-23(30)28-14-6-13-27(15-16-28)22-12-11-21(25-26-22)19-7-4-3-5-8-19/h3-5,7-8,11-12,18,20H,6,9-10,13-17H2,1-2H3. The summed E-state index contributed by atoms with van der Waals surface area (Å²) in [6, 6.07) is 14.0. The summed E-state index contributed by atoms with van der Waals surface area (Å²) in [7, 11) is 0. The lowest BCUT2D eigenvalue weighted by Gasteiger charge is -2.29. The Bertz CT molecular complexity index is 896. The zero-order valence-electron chi connectivity index (χ0n) is 18.4. The van der Waals surface area contributed by atoms with Gasteiger partial charge in [-0.15, -0.1) is 10.2 Å². The van der Waals surface area contributed by atoms with Gasteiger partial charge in [0, 0.05) is 43.7 Å². The Hall–Kier alpha value is -2.96. The van der Waals surface area contributed by atoms with E-state index in [2.05, 4.69) is 15.1 Å². The van der Waals surface area contributed by atoms with E-state index in [0.29, 0.717) is 19.6 Å². The maximum Gasteiger partial charge on any atom is 0.242 e. The zero-order valence-corrected chi connectivity index (χ0v) is 18.4. The van der Waals surface area contributed by atoms with Crippen LogP contribution < -0.4 is 4.90 Å². The van der Waals surface area contributed by atoms with Gasteiger partial charge >= 0.3 is 0 Å². The molecule has 1 aromatic heterocycles. The highest BCUT2D eigenvalue weighted by Crippen LogP contribution is 2.31. The predicted molar refractivity (Wildman–Crippen MR) is 120 cm³/mol. The Balaban J connectivity index is 1.35. The van der Waals surface area contributed by atoms with E-state index in [0.717, 1.165) is 42.9 Å². The molecule has 0 unspecified atom stereocenters. The molecule has 4 rings (SSSR count). The van der Waals surface area contributed by atoms with Gasteiger partial charge in [0.1, 0.15) is 0 Å². The predicted octanol–water partition coefficient (Wildman–Crippen LogP) is 2.83. The van der Waals surface area contributed by atoms with E-state index in [1.807, 2.05) is 61.2 Å². The van der Waals surface area contributed by atoms with Gasteiger partial charge in [-0.2, -0.15) is 0 Å². The van der Waals surface area contributed by atoms with E-state index >= 15 is 0 Å². The van der Waals surface area contributed by atoms with Crippen molar-refractivity contribution in [2.45, 2.75) is 39.2 Å². The van der Waals surface area contributed by atoms with Gasteiger partial charge in [0.05, 0.1) is 12.2 Å². The third-order valence-electron chi connectivity index (χ3n) is 6.03. The van der Waals surface area contributed by atoms with Crippen molar-refractivity contribution in [3.05, 3.63) is 42.5 Å². The third kappa shape index (κ3) is 5.21. The van der Waals surface area contributed by atoms with Crippen LogP contribution in [-0.4, -0.2) is 70.6 Å². The highest BCUT2D eigenvalue weighted by atomic mass is 16.2. The van der Waals surface area contributed by atoms with Gasteiger partial charge in [0.25, 0.3) is 0 Å². The number of aromatic nitrogens is 2. The van der Waals surface area contributed by atoms with Crippen molar-refractivity contribution in [2.75, 3.05) is 37.6 Å². The van der Waals surface area contributed by atoms with E-state index in [9.17, 15) is 9.59 Å². The van der Waals surface area contributed by atoms with Crippen LogP contribution in [0.2, 0.25) is 0 Å². The fourth-order valence-electron chi connectivity index (χ4n) is 3.98. The Kier molecular flexibility index (Phi) is 6.49. The topological polar surface area (TPSA) is 69.6 Å². The molecule has 1 aliphatic heterocycles. The highest BCUT2D eigenvalue weighted by Gasteiger charge is 2.35. The molecule has 0 atom stereocenters. The fourth-order valence-corrected chi connectivity index (χ4v) is 3.98. The van der Waals surface area contributed by atoms with Gasteiger partial charge in [-0.3, -0.25) is 9.59 Å². The minimum Gasteiger partial charge on any atom is -0.353 e. The summed E-state index contributed by atoms with van der Waals surface area (Å²) in [5.41, 5.74) is 1.90. The van der Waals surface area contributed by atoms with Gasteiger partial charge in [-0.25, -0.2) is 0 Å². The van der Waals surface area contributed by atoms with Crippen LogP contribution in [0, 0.1) is 5.92 Å². The minimum absolute atomic E-state index is 0.0371. The van der Waals surface area contributed by atoms with Gasteiger partial charge in [0.2, 0.25) is 11.8 Å². The van der Waals surface area contributed by atoms with Crippen molar-refractivity contribution in [1.82, 2.24) is 20.0 Å². The number of nitrogens with zero attached hydrogens (tertiary/aromatic N) is 5. The number of rotatable bonds is 6. The third-order valence-corrected chi connectivity index (χ3v) is 6.03. The first-order valence-corrected chi connectivity index (χ1v) is 11.3. The van der Waals surface area contributed by atoms with Crippen LogP contribution in [0.1, 0.15) is 33.1 Å². The summed E-state index contributed by atoms with van der Waals surface area (Å²) in [5, 5.41) is 8.82. The van der Waals surface area contributed by atoms with Crippen molar-refractivity contribution in [3.63, 3.8) is 0 Å². The normalized spacial score (nSPS) is 16.9. The molecule has 2 fully saturated rings. The Morgan fingerprint density at radius 1 is 1.00 bits per heavy atom. The molecule has 0 N–H and O–H groups in total. The van der Waals surface area contributed by atoms with E-state index in [1.54, 1.807) is 4.90 Å². The molecular weight excluding hydrogens is 390 g/mol. The largest absolute Gasteiger partial charge is 0.353 e. The second kappa shape index (κ2) is 9.45. The molecule has 2 aromatic rings. The van der Waals surface area contributed by atoms with Crippen LogP contribution in [0.4, 0.5) is 5.82 Å². The zero-order chi connectivity index (χ0) is 21.8. The van der Waals surface area contributed by atoms with E-state index < -0.39 is 0 Å². The average Bonchev–Trinajstić information content (AvgIpc) is 3.64. The molecule has 0 radical (unpaired) electrons. The molecule has 1 aromatic carbocycles. The van der Waals surface area contributed by atoms with Crippen molar-refractivity contribution in [2.24, 2.45) is 5.92 Å². The van der Waals surface area contributed by atoms with Crippen molar-refractivity contribution < 1.29 is 9.59 Å². The number of anilines is 1. The molecule has 7 heteroatoms. The van der Waals surface area contributed by atoms with Crippen LogP contribution in [-0.2, 0) is 9.59 Å². The molecule has 2 heterocycles. The maximum atomic E-state index is 12.9. The number of hydrogen-bond donors (Lipinski definition) is 0. The van der Waals surface area contributed by atoms with Gasteiger partial charge in [0.15, 0.2) is 5.82 Å². The van der Waals surface area contributed by atoms with Crippen molar-refractivity contribution in [1.29, 1.82) is 0 Å². The highest BCUT2D eigenvalue weighted by molar-refractivity contribution is 5.87. The van der Waals surface area contributed by atoms with Gasteiger partial charge in [-0.05, 0) is 45.2 Å². The summed E-state index contributed by atoms with van der Waals surface area (Å²) in [5.74, 6) is 1.14. The average molecular weight is 422 g/mol. The maximum absolute atomic E-state index is 12.9. The molecule has 164 valence electrons. The molecule has 2 amide bonds. The second-order valence-electron chi connectivity index (χ2n) is 8.70. The Morgan fingerprint density at radius 3 is 2.42 bits per heavy atom. The number of carbonyl (C=O) groups is 2. The molecule has 1 aliphatic carbocycles. The van der Waals surface area contributed by atoms with Crippen molar-refractivity contribution >= 4 is 17.6 Å². The summed E-state index contributed by atoms with van der Waals surface area (Å²) in [6.45, 7) is 7.02. The van der Waals surface area contributed by atoms with Crippen LogP contribution in [0.5, 0.6) is 0 Å². The van der Waals surface area contributed by atoms with E-state index in [1.165, 1.54) is 0 Å².